The van der Waals surface area contributed by atoms with E-state index in [2.05, 4.69) is 10.3 Å². The Bertz CT molecular complexity index is 1240. The maximum atomic E-state index is 10.5. The third kappa shape index (κ3) is 4.90. The Morgan fingerprint density at radius 1 is 0.636 bits per heavy atom. The summed E-state index contributed by atoms with van der Waals surface area (Å²) in [5.41, 5.74) is 2.47. The number of rotatable bonds is 8. The summed E-state index contributed by atoms with van der Waals surface area (Å²) >= 11 is 0. The molecule has 0 amide bonds. The fourth-order valence-electron chi connectivity index (χ4n) is 3.67. The summed E-state index contributed by atoms with van der Waals surface area (Å²) in [7, 11) is 0. The van der Waals surface area contributed by atoms with E-state index in [-0.39, 0.29) is 11.5 Å². The second kappa shape index (κ2) is 10.0. The molecule has 0 aliphatic rings. The molecule has 4 rings (SSSR count). The van der Waals surface area contributed by atoms with E-state index in [1.165, 1.54) is 0 Å². The molecule has 4 aromatic carbocycles. The third-order valence-electron chi connectivity index (χ3n) is 5.45. The molecule has 0 bridgehead atoms. The Kier molecular flexibility index (Phi) is 6.74. The molecule has 0 atom stereocenters. The lowest BCUT2D eigenvalue weighted by Crippen LogP contribution is -2.02. The Balaban J connectivity index is 1.28. The van der Waals surface area contributed by atoms with Crippen LogP contribution in [0.5, 0.6) is 11.5 Å². The maximum Gasteiger partial charge on any atom is 0.132 e. The van der Waals surface area contributed by atoms with Crippen LogP contribution in [0.4, 0.5) is 0 Å². The Morgan fingerprint density at radius 2 is 1.06 bits per heavy atom. The van der Waals surface area contributed by atoms with Crippen LogP contribution in [0.2, 0.25) is 0 Å². The first-order chi connectivity index (χ1) is 16.1. The van der Waals surface area contributed by atoms with Crippen molar-refractivity contribution in [2.75, 3.05) is 13.2 Å². The third-order valence-corrected chi connectivity index (χ3v) is 5.45. The number of phenolic OH excluding ortho intramolecular Hbond substituents is 2. The van der Waals surface area contributed by atoms with Crippen molar-refractivity contribution in [3.8, 4) is 11.5 Å². The molecular formula is C27H26N2O4. The number of fused-ring (bicyclic) bond motifs is 2. The van der Waals surface area contributed by atoms with Gasteiger partial charge in [0.05, 0.1) is 11.4 Å². The van der Waals surface area contributed by atoms with E-state index < -0.39 is 0 Å². The fraction of sp³-hybridized carbons (Fsp3) is 0.185. The number of phenols is 2. The number of oxime groups is 2. The molecule has 2 N–H and O–H groups in total. The van der Waals surface area contributed by atoms with Gasteiger partial charge in [0.2, 0.25) is 0 Å². The van der Waals surface area contributed by atoms with Crippen LogP contribution in [0.25, 0.3) is 21.5 Å². The van der Waals surface area contributed by atoms with Gasteiger partial charge in [-0.2, -0.15) is 0 Å². The van der Waals surface area contributed by atoms with Gasteiger partial charge in [-0.15, -0.1) is 0 Å². The van der Waals surface area contributed by atoms with Crippen LogP contribution < -0.4 is 0 Å². The molecule has 0 heterocycles. The van der Waals surface area contributed by atoms with Crippen molar-refractivity contribution < 1.29 is 19.9 Å². The molecule has 6 heteroatoms. The highest BCUT2D eigenvalue weighted by molar-refractivity contribution is 6.06. The fourth-order valence-corrected chi connectivity index (χ4v) is 3.67. The minimum Gasteiger partial charge on any atom is -0.507 e. The predicted octanol–water partition coefficient (Wildman–Crippen LogP) is 5.98. The van der Waals surface area contributed by atoms with Crippen LogP contribution in [-0.2, 0) is 9.68 Å². The van der Waals surface area contributed by atoms with Gasteiger partial charge in [0.1, 0.15) is 24.7 Å². The van der Waals surface area contributed by atoms with E-state index in [0.717, 1.165) is 21.5 Å². The average Bonchev–Trinajstić information content (AvgIpc) is 2.84. The van der Waals surface area contributed by atoms with Crippen LogP contribution in [-0.4, -0.2) is 34.9 Å². The number of hydrogen-bond acceptors (Lipinski definition) is 6. The van der Waals surface area contributed by atoms with Crippen molar-refractivity contribution in [1.82, 2.24) is 0 Å². The monoisotopic (exact) mass is 442 g/mol. The van der Waals surface area contributed by atoms with Crippen LogP contribution in [0, 0.1) is 0 Å². The zero-order chi connectivity index (χ0) is 23.2. The van der Waals surface area contributed by atoms with Crippen LogP contribution >= 0.6 is 0 Å². The van der Waals surface area contributed by atoms with Gasteiger partial charge >= 0.3 is 0 Å². The topological polar surface area (TPSA) is 83.6 Å². The molecule has 0 aliphatic heterocycles. The Hall–Kier alpha value is -4.06. The normalized spacial score (nSPS) is 12.3. The smallest absolute Gasteiger partial charge is 0.132 e. The molecule has 0 unspecified atom stereocenters. The SMILES string of the molecule is C/C(=N\OCCCO/N=C(\C)c1ccc2ccccc2c1O)c1ccc2ccccc2c1O. The van der Waals surface area contributed by atoms with Gasteiger partial charge in [0.25, 0.3) is 0 Å². The van der Waals surface area contributed by atoms with Gasteiger partial charge in [-0.05, 0) is 36.8 Å². The lowest BCUT2D eigenvalue weighted by molar-refractivity contribution is 0.0900. The summed E-state index contributed by atoms with van der Waals surface area (Å²) in [5.74, 6) is 0.395. The minimum atomic E-state index is 0.197. The van der Waals surface area contributed by atoms with Gasteiger partial charge in [-0.25, -0.2) is 0 Å². The second-order valence-corrected chi connectivity index (χ2v) is 7.74. The van der Waals surface area contributed by atoms with Crippen LogP contribution in [0.1, 0.15) is 31.4 Å². The van der Waals surface area contributed by atoms with Gasteiger partial charge in [-0.3, -0.25) is 0 Å². The summed E-state index contributed by atoms with van der Waals surface area (Å²) in [6, 6.07) is 22.9. The predicted molar refractivity (Wildman–Crippen MR) is 132 cm³/mol. The zero-order valence-corrected chi connectivity index (χ0v) is 18.7. The Morgan fingerprint density at radius 3 is 1.52 bits per heavy atom. The summed E-state index contributed by atoms with van der Waals surface area (Å²) in [6.45, 7) is 4.29. The molecule has 168 valence electrons. The summed E-state index contributed by atoms with van der Waals surface area (Å²) in [4.78, 5) is 10.8. The van der Waals surface area contributed by atoms with Crippen LogP contribution in [0.3, 0.4) is 0 Å². The number of benzene rings is 4. The lowest BCUT2D eigenvalue weighted by atomic mass is 10.0. The highest BCUT2D eigenvalue weighted by Gasteiger charge is 2.10. The van der Waals surface area contributed by atoms with E-state index in [1.807, 2.05) is 72.8 Å². The summed E-state index contributed by atoms with van der Waals surface area (Å²) < 4.78 is 0. The highest BCUT2D eigenvalue weighted by Crippen LogP contribution is 2.30. The van der Waals surface area contributed by atoms with Crippen molar-refractivity contribution in [1.29, 1.82) is 0 Å². The molecule has 0 saturated carbocycles. The van der Waals surface area contributed by atoms with Gasteiger partial charge < -0.3 is 19.9 Å². The van der Waals surface area contributed by atoms with Gasteiger partial charge in [0.15, 0.2) is 0 Å². The van der Waals surface area contributed by atoms with Crippen molar-refractivity contribution in [3.05, 3.63) is 83.9 Å². The molecule has 0 aliphatic carbocycles. The highest BCUT2D eigenvalue weighted by atomic mass is 16.6. The number of nitrogens with zero attached hydrogens (tertiary/aromatic N) is 2. The number of hydrogen-bond donors (Lipinski definition) is 2. The van der Waals surface area contributed by atoms with Crippen molar-refractivity contribution >= 4 is 33.0 Å². The quantitative estimate of drug-likeness (QED) is 0.200. The van der Waals surface area contributed by atoms with Gasteiger partial charge in [0, 0.05) is 28.3 Å². The molecule has 0 aromatic heterocycles. The van der Waals surface area contributed by atoms with Crippen molar-refractivity contribution in [2.24, 2.45) is 10.3 Å². The van der Waals surface area contributed by atoms with Crippen molar-refractivity contribution in [2.45, 2.75) is 20.3 Å². The second-order valence-electron chi connectivity index (χ2n) is 7.74. The zero-order valence-electron chi connectivity index (χ0n) is 18.7. The molecule has 6 nitrogen and oxygen atoms in total. The first-order valence-electron chi connectivity index (χ1n) is 10.8. The molecule has 4 aromatic rings. The van der Waals surface area contributed by atoms with E-state index >= 15 is 0 Å². The molecule has 0 spiro atoms. The number of aromatic hydroxyl groups is 2. The summed E-state index contributed by atoms with van der Waals surface area (Å²) in [5, 5.41) is 32.8. The van der Waals surface area contributed by atoms with Crippen molar-refractivity contribution in [3.63, 3.8) is 0 Å². The van der Waals surface area contributed by atoms with E-state index in [4.69, 9.17) is 9.68 Å². The average molecular weight is 443 g/mol. The van der Waals surface area contributed by atoms with E-state index in [9.17, 15) is 10.2 Å². The molecule has 33 heavy (non-hydrogen) atoms. The Labute approximate surface area is 192 Å². The molecule has 0 fully saturated rings. The first-order valence-corrected chi connectivity index (χ1v) is 10.8. The first kappa shape index (κ1) is 22.1. The van der Waals surface area contributed by atoms with E-state index in [0.29, 0.717) is 42.2 Å². The largest absolute Gasteiger partial charge is 0.507 e. The molecular weight excluding hydrogens is 416 g/mol. The van der Waals surface area contributed by atoms with Gasteiger partial charge in [-0.1, -0.05) is 71.0 Å². The minimum absolute atomic E-state index is 0.197. The lowest BCUT2D eigenvalue weighted by Gasteiger charge is -2.08. The molecule has 0 radical (unpaired) electrons. The van der Waals surface area contributed by atoms with E-state index in [1.54, 1.807) is 13.8 Å². The standard InChI is InChI=1S/C27H26N2O4/c1-18(22-14-12-20-8-3-5-10-24(20)26(22)30)28-32-16-7-17-33-29-19(2)23-15-13-21-9-4-6-11-25(21)27(23)31/h3-6,8-15,30-31H,7,16-17H2,1-2H3/b28-18+,29-19+. The molecule has 0 saturated heterocycles. The maximum absolute atomic E-state index is 10.5. The summed E-state index contributed by atoms with van der Waals surface area (Å²) in [6.07, 6.45) is 0.584. The van der Waals surface area contributed by atoms with Crippen LogP contribution in [0.15, 0.2) is 83.1 Å².